The lowest BCUT2D eigenvalue weighted by Crippen LogP contribution is -2.44. The van der Waals surface area contributed by atoms with Gasteiger partial charge in [0.05, 0.1) is 26.6 Å². The molecule has 1 aromatic carbocycles. The quantitative estimate of drug-likeness (QED) is 0.723. The average molecular weight is 399 g/mol. The van der Waals surface area contributed by atoms with E-state index in [1.54, 1.807) is 11.4 Å². The summed E-state index contributed by atoms with van der Waals surface area (Å²) in [6, 6.07) is 7.73. The molecule has 2 saturated heterocycles. The van der Waals surface area contributed by atoms with E-state index < -0.39 is 10.0 Å². The van der Waals surface area contributed by atoms with E-state index in [0.717, 1.165) is 44.0 Å². The molecule has 0 bridgehead atoms. The number of para-hydroxylation sites is 2. The van der Waals surface area contributed by atoms with Crippen LogP contribution in [0.2, 0.25) is 0 Å². The standard InChI is InChI=1S/C19H30N2O5S/c1-24-18-5-3-4-6-19(18)26-17-7-9-20(10-8-17)13-16-14-21(27(2,22)23)11-12-25-15-16/h3-6,16-17H,7-15H2,1-2H3. The number of hydrogen-bond acceptors (Lipinski definition) is 6. The first kappa shape index (κ1) is 20.4. The molecule has 2 fully saturated rings. The lowest BCUT2D eigenvalue weighted by molar-refractivity contribution is 0.0682. The van der Waals surface area contributed by atoms with E-state index in [4.69, 9.17) is 14.2 Å². The highest BCUT2D eigenvalue weighted by Gasteiger charge is 2.28. The summed E-state index contributed by atoms with van der Waals surface area (Å²) in [5.74, 6) is 1.75. The number of hydrogen-bond donors (Lipinski definition) is 0. The number of methoxy groups -OCH3 is 1. The first-order chi connectivity index (χ1) is 13.0. The zero-order valence-electron chi connectivity index (χ0n) is 16.2. The van der Waals surface area contributed by atoms with Crippen molar-refractivity contribution >= 4 is 10.0 Å². The summed E-state index contributed by atoms with van der Waals surface area (Å²) in [6.07, 6.45) is 3.34. The van der Waals surface area contributed by atoms with Crippen LogP contribution in [0.15, 0.2) is 24.3 Å². The fourth-order valence-corrected chi connectivity index (χ4v) is 4.62. The maximum atomic E-state index is 11.9. The van der Waals surface area contributed by atoms with Crippen molar-refractivity contribution in [2.75, 3.05) is 59.3 Å². The molecule has 0 N–H and O–H groups in total. The number of rotatable bonds is 6. The molecule has 27 heavy (non-hydrogen) atoms. The molecule has 0 aliphatic carbocycles. The van der Waals surface area contributed by atoms with Gasteiger partial charge in [0.25, 0.3) is 0 Å². The molecule has 0 spiro atoms. The van der Waals surface area contributed by atoms with Crippen molar-refractivity contribution < 1.29 is 22.6 Å². The molecule has 1 aromatic rings. The molecule has 3 rings (SSSR count). The smallest absolute Gasteiger partial charge is 0.211 e. The van der Waals surface area contributed by atoms with Crippen LogP contribution in [0.5, 0.6) is 11.5 Å². The molecule has 0 aromatic heterocycles. The highest BCUT2D eigenvalue weighted by atomic mass is 32.2. The first-order valence-electron chi connectivity index (χ1n) is 9.50. The Kier molecular flexibility index (Phi) is 6.97. The van der Waals surface area contributed by atoms with Gasteiger partial charge in [-0.05, 0) is 25.0 Å². The third kappa shape index (κ3) is 5.81. The molecule has 2 aliphatic rings. The summed E-state index contributed by atoms with van der Waals surface area (Å²) in [6.45, 7) is 4.81. The van der Waals surface area contributed by atoms with Crippen molar-refractivity contribution in [1.82, 2.24) is 9.21 Å². The Bertz CT molecular complexity index is 704. The van der Waals surface area contributed by atoms with Crippen molar-refractivity contribution in [3.05, 3.63) is 24.3 Å². The van der Waals surface area contributed by atoms with Gasteiger partial charge < -0.3 is 19.1 Å². The van der Waals surface area contributed by atoms with E-state index in [1.165, 1.54) is 6.26 Å². The molecule has 2 heterocycles. The van der Waals surface area contributed by atoms with Crippen LogP contribution < -0.4 is 9.47 Å². The Labute approximate surface area is 162 Å². The van der Waals surface area contributed by atoms with Gasteiger partial charge in [-0.15, -0.1) is 0 Å². The van der Waals surface area contributed by atoms with Crippen molar-refractivity contribution in [3.8, 4) is 11.5 Å². The third-order valence-electron chi connectivity index (χ3n) is 5.18. The predicted octanol–water partition coefficient (Wildman–Crippen LogP) is 1.45. The van der Waals surface area contributed by atoms with Crippen molar-refractivity contribution in [2.45, 2.75) is 18.9 Å². The molecule has 7 nitrogen and oxygen atoms in total. The van der Waals surface area contributed by atoms with Gasteiger partial charge in [0, 0.05) is 38.6 Å². The zero-order chi connectivity index (χ0) is 19.3. The second-order valence-corrected chi connectivity index (χ2v) is 9.31. The lowest BCUT2D eigenvalue weighted by atomic mass is 10.0. The summed E-state index contributed by atoms with van der Waals surface area (Å²) < 4.78 is 42.4. The third-order valence-corrected chi connectivity index (χ3v) is 6.45. The predicted molar refractivity (Wildman–Crippen MR) is 104 cm³/mol. The number of likely N-dealkylation sites (tertiary alicyclic amines) is 1. The number of ether oxygens (including phenoxy) is 3. The second kappa shape index (κ2) is 9.23. The van der Waals surface area contributed by atoms with Gasteiger partial charge in [-0.25, -0.2) is 8.42 Å². The molecule has 1 atom stereocenters. The fraction of sp³-hybridized carbons (Fsp3) is 0.684. The highest BCUT2D eigenvalue weighted by Crippen LogP contribution is 2.29. The minimum Gasteiger partial charge on any atom is -0.493 e. The van der Waals surface area contributed by atoms with Crippen LogP contribution in [-0.4, -0.2) is 83.0 Å². The van der Waals surface area contributed by atoms with Gasteiger partial charge in [0.1, 0.15) is 6.10 Å². The molecule has 0 saturated carbocycles. The van der Waals surface area contributed by atoms with Crippen LogP contribution in [-0.2, 0) is 14.8 Å². The summed E-state index contributed by atoms with van der Waals surface area (Å²) >= 11 is 0. The second-order valence-electron chi connectivity index (χ2n) is 7.33. The van der Waals surface area contributed by atoms with Crippen molar-refractivity contribution in [2.24, 2.45) is 5.92 Å². The van der Waals surface area contributed by atoms with E-state index in [0.29, 0.717) is 26.3 Å². The molecule has 8 heteroatoms. The zero-order valence-corrected chi connectivity index (χ0v) is 17.0. The Morgan fingerprint density at radius 2 is 1.85 bits per heavy atom. The van der Waals surface area contributed by atoms with Crippen LogP contribution in [0.4, 0.5) is 0 Å². The lowest BCUT2D eigenvalue weighted by Gasteiger charge is -2.34. The van der Waals surface area contributed by atoms with Gasteiger partial charge in [0.2, 0.25) is 10.0 Å². The molecular weight excluding hydrogens is 368 g/mol. The van der Waals surface area contributed by atoms with Crippen LogP contribution in [0, 0.1) is 5.92 Å². The number of benzene rings is 1. The number of sulfonamides is 1. The van der Waals surface area contributed by atoms with E-state index in [-0.39, 0.29) is 12.0 Å². The summed E-state index contributed by atoms with van der Waals surface area (Å²) in [7, 11) is -1.52. The van der Waals surface area contributed by atoms with Gasteiger partial charge in [0.15, 0.2) is 11.5 Å². The van der Waals surface area contributed by atoms with Gasteiger partial charge in [-0.2, -0.15) is 4.31 Å². The monoisotopic (exact) mass is 398 g/mol. The van der Waals surface area contributed by atoms with Gasteiger partial charge in [-0.1, -0.05) is 12.1 Å². The topological polar surface area (TPSA) is 68.3 Å². The van der Waals surface area contributed by atoms with Crippen molar-refractivity contribution in [3.63, 3.8) is 0 Å². The van der Waals surface area contributed by atoms with Crippen LogP contribution in [0.25, 0.3) is 0 Å². The fourth-order valence-electron chi connectivity index (χ4n) is 3.73. The SMILES string of the molecule is COc1ccccc1OC1CCN(CC2COCCN(S(C)(=O)=O)C2)CC1. The van der Waals surface area contributed by atoms with Gasteiger partial charge in [-0.3, -0.25) is 0 Å². The van der Waals surface area contributed by atoms with E-state index >= 15 is 0 Å². The van der Waals surface area contributed by atoms with Crippen molar-refractivity contribution in [1.29, 1.82) is 0 Å². The Balaban J connectivity index is 1.49. The minimum atomic E-state index is -3.17. The Morgan fingerprint density at radius 1 is 1.15 bits per heavy atom. The summed E-state index contributed by atoms with van der Waals surface area (Å²) in [4.78, 5) is 2.39. The number of piperidine rings is 1. The van der Waals surface area contributed by atoms with E-state index in [9.17, 15) is 8.42 Å². The largest absolute Gasteiger partial charge is 0.493 e. The average Bonchev–Trinajstić information content (AvgIpc) is 2.89. The van der Waals surface area contributed by atoms with Gasteiger partial charge >= 0.3 is 0 Å². The number of nitrogens with zero attached hydrogens (tertiary/aromatic N) is 2. The first-order valence-corrected chi connectivity index (χ1v) is 11.4. The molecule has 2 aliphatic heterocycles. The summed E-state index contributed by atoms with van der Waals surface area (Å²) in [5.41, 5.74) is 0. The molecular formula is C19H30N2O5S. The maximum Gasteiger partial charge on any atom is 0.211 e. The molecule has 1 unspecified atom stereocenters. The highest BCUT2D eigenvalue weighted by molar-refractivity contribution is 7.88. The van der Waals surface area contributed by atoms with Crippen LogP contribution in [0.1, 0.15) is 12.8 Å². The van der Waals surface area contributed by atoms with Crippen LogP contribution >= 0.6 is 0 Å². The normalized spacial score (nSPS) is 23.7. The Morgan fingerprint density at radius 3 is 2.52 bits per heavy atom. The van der Waals surface area contributed by atoms with E-state index in [1.807, 2.05) is 24.3 Å². The molecule has 0 radical (unpaired) electrons. The maximum absolute atomic E-state index is 11.9. The molecule has 0 amide bonds. The Hall–Kier alpha value is -1.35. The summed E-state index contributed by atoms with van der Waals surface area (Å²) in [5, 5.41) is 0. The van der Waals surface area contributed by atoms with Crippen LogP contribution in [0.3, 0.4) is 0 Å². The molecule has 152 valence electrons. The minimum absolute atomic E-state index is 0.176. The van der Waals surface area contributed by atoms with E-state index in [2.05, 4.69) is 4.90 Å².